The molecule has 2 heterocycles. The Morgan fingerprint density at radius 2 is 2.11 bits per heavy atom. The molecular weight excluding hydrogens is 294 g/mol. The third kappa shape index (κ3) is 2.32. The SMILES string of the molecule is N#Cc1sc2nsc(SCc3ccccc3)c2c1N. The lowest BCUT2D eigenvalue weighted by Crippen LogP contribution is -1.85. The number of nitriles is 1. The predicted molar refractivity (Wildman–Crippen MR) is 82.6 cm³/mol. The maximum Gasteiger partial charge on any atom is 0.141 e. The van der Waals surface area contributed by atoms with Gasteiger partial charge in [-0.2, -0.15) is 9.64 Å². The highest BCUT2D eigenvalue weighted by Crippen LogP contribution is 2.42. The number of aromatic nitrogens is 1. The monoisotopic (exact) mass is 303 g/mol. The second-order valence-corrected chi connectivity index (χ2v) is 6.90. The van der Waals surface area contributed by atoms with E-state index in [1.807, 2.05) is 18.2 Å². The molecule has 2 N–H and O–H groups in total. The number of thiophene rings is 1. The van der Waals surface area contributed by atoms with Crippen LogP contribution in [0.1, 0.15) is 10.4 Å². The van der Waals surface area contributed by atoms with Gasteiger partial charge in [0.15, 0.2) is 0 Å². The lowest BCUT2D eigenvalue weighted by molar-refractivity contribution is 1.41. The van der Waals surface area contributed by atoms with Gasteiger partial charge in [-0.1, -0.05) is 30.3 Å². The molecule has 0 fully saturated rings. The Hall–Kier alpha value is -1.55. The van der Waals surface area contributed by atoms with Gasteiger partial charge in [0, 0.05) is 5.75 Å². The Morgan fingerprint density at radius 3 is 2.84 bits per heavy atom. The highest BCUT2D eigenvalue weighted by Gasteiger charge is 2.16. The minimum atomic E-state index is 0.562. The number of nitrogens with two attached hydrogens (primary N) is 1. The number of hydrogen-bond donors (Lipinski definition) is 1. The van der Waals surface area contributed by atoms with Crippen molar-refractivity contribution in [1.82, 2.24) is 4.37 Å². The van der Waals surface area contributed by atoms with Gasteiger partial charge in [-0.05, 0) is 17.1 Å². The van der Waals surface area contributed by atoms with Gasteiger partial charge in [-0.25, -0.2) is 0 Å². The van der Waals surface area contributed by atoms with Crippen molar-refractivity contribution in [2.24, 2.45) is 0 Å². The van der Waals surface area contributed by atoms with Gasteiger partial charge in [0.25, 0.3) is 0 Å². The van der Waals surface area contributed by atoms with Gasteiger partial charge in [-0.15, -0.1) is 23.1 Å². The molecular formula is C13H9N3S3. The van der Waals surface area contributed by atoms with Gasteiger partial charge in [0.05, 0.1) is 15.3 Å². The zero-order chi connectivity index (χ0) is 13.2. The molecule has 0 aliphatic heterocycles. The van der Waals surface area contributed by atoms with Crippen molar-refractivity contribution in [3.8, 4) is 6.07 Å². The van der Waals surface area contributed by atoms with E-state index in [9.17, 15) is 0 Å². The summed E-state index contributed by atoms with van der Waals surface area (Å²) in [5, 5.41) is 9.94. The van der Waals surface area contributed by atoms with Crippen molar-refractivity contribution >= 4 is 50.5 Å². The van der Waals surface area contributed by atoms with E-state index >= 15 is 0 Å². The summed E-state index contributed by atoms with van der Waals surface area (Å²) in [4.78, 5) is 1.43. The molecule has 0 bridgehead atoms. The number of nitrogens with zero attached hydrogens (tertiary/aromatic N) is 2. The fraction of sp³-hybridized carbons (Fsp3) is 0.0769. The number of hydrogen-bond acceptors (Lipinski definition) is 6. The molecule has 6 heteroatoms. The van der Waals surface area contributed by atoms with E-state index < -0.39 is 0 Å². The van der Waals surface area contributed by atoms with Crippen LogP contribution in [-0.4, -0.2) is 4.37 Å². The third-order valence-corrected chi connectivity index (χ3v) is 5.94. The molecule has 0 aliphatic carbocycles. The van der Waals surface area contributed by atoms with Gasteiger partial charge >= 0.3 is 0 Å². The smallest absolute Gasteiger partial charge is 0.141 e. The molecule has 3 rings (SSSR count). The zero-order valence-corrected chi connectivity index (χ0v) is 12.2. The van der Waals surface area contributed by atoms with Crippen molar-refractivity contribution in [1.29, 1.82) is 5.26 Å². The molecule has 0 saturated carbocycles. The predicted octanol–water partition coefficient (Wildman–Crippen LogP) is 4.10. The number of thioether (sulfide) groups is 1. The molecule has 19 heavy (non-hydrogen) atoms. The first-order chi connectivity index (χ1) is 9.29. The normalized spacial score (nSPS) is 10.7. The Bertz CT molecular complexity index is 753. The molecule has 3 aromatic rings. The van der Waals surface area contributed by atoms with Crippen LogP contribution in [-0.2, 0) is 5.75 Å². The molecule has 3 nitrogen and oxygen atoms in total. The van der Waals surface area contributed by atoms with Crippen LogP contribution in [0.5, 0.6) is 0 Å². The first kappa shape index (κ1) is 12.5. The highest BCUT2D eigenvalue weighted by molar-refractivity contribution is 8.00. The molecule has 2 aromatic heterocycles. The van der Waals surface area contributed by atoms with E-state index in [1.54, 1.807) is 11.8 Å². The molecule has 0 atom stereocenters. The molecule has 0 spiro atoms. The summed E-state index contributed by atoms with van der Waals surface area (Å²) < 4.78 is 5.46. The van der Waals surface area contributed by atoms with Crippen molar-refractivity contribution in [3.05, 3.63) is 40.8 Å². The number of nitrogen functional groups attached to an aromatic ring is 1. The maximum atomic E-state index is 8.99. The van der Waals surface area contributed by atoms with Gasteiger partial charge in [0.1, 0.15) is 15.8 Å². The molecule has 94 valence electrons. The first-order valence-electron chi connectivity index (χ1n) is 5.54. The van der Waals surface area contributed by atoms with Crippen molar-refractivity contribution in [2.45, 2.75) is 9.96 Å². The molecule has 0 saturated heterocycles. The molecule has 0 unspecified atom stereocenters. The molecule has 0 radical (unpaired) electrons. The molecule has 0 aliphatic rings. The average Bonchev–Trinajstić information content (AvgIpc) is 2.98. The van der Waals surface area contributed by atoms with Crippen LogP contribution in [0, 0.1) is 11.3 Å². The second kappa shape index (κ2) is 5.21. The zero-order valence-electron chi connectivity index (χ0n) is 9.79. The van der Waals surface area contributed by atoms with Crippen LogP contribution in [0.2, 0.25) is 0 Å². The number of benzene rings is 1. The number of fused-ring (bicyclic) bond motifs is 1. The fourth-order valence-corrected chi connectivity index (χ4v) is 4.78. The van der Waals surface area contributed by atoms with E-state index in [1.165, 1.54) is 28.4 Å². The number of anilines is 1. The van der Waals surface area contributed by atoms with E-state index in [2.05, 4.69) is 22.6 Å². The van der Waals surface area contributed by atoms with Gasteiger partial charge < -0.3 is 5.73 Å². The summed E-state index contributed by atoms with van der Waals surface area (Å²) in [6.45, 7) is 0. The Labute approximate surface area is 122 Å². The second-order valence-electron chi connectivity index (χ2n) is 3.88. The topological polar surface area (TPSA) is 62.7 Å². The van der Waals surface area contributed by atoms with E-state index in [0.29, 0.717) is 10.6 Å². The summed E-state index contributed by atoms with van der Waals surface area (Å²) in [6, 6.07) is 12.4. The number of rotatable bonds is 3. The largest absolute Gasteiger partial charge is 0.396 e. The average molecular weight is 303 g/mol. The lowest BCUT2D eigenvalue weighted by Gasteiger charge is -1.99. The van der Waals surface area contributed by atoms with Gasteiger partial charge in [-0.3, -0.25) is 0 Å². The van der Waals surface area contributed by atoms with Crippen molar-refractivity contribution in [3.63, 3.8) is 0 Å². The molecule has 1 aromatic carbocycles. The summed E-state index contributed by atoms with van der Waals surface area (Å²) in [7, 11) is 0. The standard InChI is InChI=1S/C13H9N3S3/c14-6-9-11(15)10-12(18-9)16-19-13(10)17-7-8-4-2-1-3-5-8/h1-5H,7,15H2. The highest BCUT2D eigenvalue weighted by atomic mass is 32.2. The summed E-state index contributed by atoms with van der Waals surface area (Å²) in [5.74, 6) is 0.884. The van der Waals surface area contributed by atoms with Crippen LogP contribution in [0.25, 0.3) is 10.2 Å². The van der Waals surface area contributed by atoms with Crippen molar-refractivity contribution in [2.75, 3.05) is 5.73 Å². The van der Waals surface area contributed by atoms with Crippen LogP contribution >= 0.6 is 34.6 Å². The van der Waals surface area contributed by atoms with Crippen molar-refractivity contribution < 1.29 is 0 Å². The lowest BCUT2D eigenvalue weighted by atomic mass is 10.2. The van der Waals surface area contributed by atoms with E-state index in [0.717, 1.165) is 20.2 Å². The Kier molecular flexibility index (Phi) is 3.42. The minimum Gasteiger partial charge on any atom is -0.396 e. The Morgan fingerprint density at radius 1 is 1.32 bits per heavy atom. The summed E-state index contributed by atoms with van der Waals surface area (Å²) in [5.41, 5.74) is 7.85. The molecule has 0 amide bonds. The quantitative estimate of drug-likeness (QED) is 0.740. The van der Waals surface area contributed by atoms with Crippen LogP contribution in [0.4, 0.5) is 5.69 Å². The summed E-state index contributed by atoms with van der Waals surface area (Å²) in [6.07, 6.45) is 0. The Balaban J connectivity index is 1.90. The minimum absolute atomic E-state index is 0.562. The van der Waals surface area contributed by atoms with Crippen LogP contribution in [0.15, 0.2) is 34.5 Å². The van der Waals surface area contributed by atoms with Gasteiger partial charge in [0.2, 0.25) is 0 Å². The van der Waals surface area contributed by atoms with Crippen LogP contribution in [0.3, 0.4) is 0 Å². The van der Waals surface area contributed by atoms with E-state index in [-0.39, 0.29) is 0 Å². The van der Waals surface area contributed by atoms with E-state index in [4.69, 9.17) is 11.0 Å². The fourth-order valence-electron chi connectivity index (χ4n) is 1.73. The maximum absolute atomic E-state index is 8.99. The summed E-state index contributed by atoms with van der Waals surface area (Å²) >= 11 is 4.54. The van der Waals surface area contributed by atoms with Crippen LogP contribution < -0.4 is 5.73 Å². The first-order valence-corrected chi connectivity index (χ1v) is 8.11. The third-order valence-electron chi connectivity index (χ3n) is 2.66.